The van der Waals surface area contributed by atoms with Crippen molar-refractivity contribution in [3.8, 4) is 45.8 Å². The Bertz CT molecular complexity index is 3050. The molecule has 4 aromatic rings. The molecular formula is C54H66O32. The molecule has 3 aromatic carbocycles. The summed E-state index contributed by atoms with van der Waals surface area (Å²) in [5.41, 5.74) is -1.49. The van der Waals surface area contributed by atoms with E-state index in [0.29, 0.717) is 5.56 Å². The number of esters is 1. The number of carbonyl (C=O) groups excluding carboxylic acids is 1. The van der Waals surface area contributed by atoms with Crippen LogP contribution in [0.15, 0.2) is 69.9 Å². The van der Waals surface area contributed by atoms with E-state index in [1.54, 1.807) is 0 Å². The van der Waals surface area contributed by atoms with E-state index in [1.807, 2.05) is 0 Å². The van der Waals surface area contributed by atoms with Crippen LogP contribution in [-0.4, -0.2) is 271 Å². The van der Waals surface area contributed by atoms with Gasteiger partial charge in [0.05, 0.1) is 32.0 Å². The predicted molar refractivity (Wildman–Crippen MR) is 278 cm³/mol. The number of hydrogen-bond acceptors (Lipinski definition) is 32. The Balaban J connectivity index is 0.957. The van der Waals surface area contributed by atoms with E-state index >= 15 is 0 Å². The Morgan fingerprint density at radius 1 is 0.523 bits per heavy atom. The number of rotatable bonds is 17. The fraction of sp³-hybridized carbons (Fsp3) is 0.556. The number of aliphatic hydroxyl groups is 14. The van der Waals surface area contributed by atoms with Crippen molar-refractivity contribution in [1.82, 2.24) is 0 Å². The van der Waals surface area contributed by atoms with Gasteiger partial charge in [0.1, 0.15) is 132 Å². The van der Waals surface area contributed by atoms with Gasteiger partial charge in [-0.2, -0.15) is 0 Å². The standard InChI is InChI=1S/C54H66O32/c1-17-32(62)47(84-51-40(70)37(67)33(63)27(14-55)80-51)43(73)54(76-17)78-22-12-25(60)31-26(13-22)79-46(20-6-9-23(58)24(59)11-20)48(36(31)66)85-53-42(72)39(69)35(65)29(82-53)16-75-50-44(74)49(86-52-41(71)38(68)34(64)28(15-56)81-52)45(18(2)77-50)83-30(61)10-5-19-3-7-21(57)8-4-19/h3-13,17-18,27-29,32-35,37-45,47,49-60,62-65,67-74H,14-16H2,1-2H3/t17-,18-,27+,28+,29+,32-,33+,34+,35+,37-,38-,39-,40+,41+,42+,43+,44+,45-,47+,49-,50+,51-,52-,53-,54-/m0/s1. The summed E-state index contributed by atoms with van der Waals surface area (Å²) in [4.78, 5) is 27.8. The third-order valence-electron chi connectivity index (χ3n) is 15.1. The average Bonchev–Trinajstić information content (AvgIpc) is 1.14. The highest BCUT2D eigenvalue weighted by atomic mass is 16.8. The summed E-state index contributed by atoms with van der Waals surface area (Å²) in [6, 6.07) is 10.6. The second-order valence-corrected chi connectivity index (χ2v) is 21.0. The lowest BCUT2D eigenvalue weighted by Crippen LogP contribution is -2.65. The highest BCUT2D eigenvalue weighted by molar-refractivity contribution is 5.89. The lowest BCUT2D eigenvalue weighted by molar-refractivity contribution is -0.361. The molecule has 0 unspecified atom stereocenters. The highest BCUT2D eigenvalue weighted by Gasteiger charge is 2.54. The van der Waals surface area contributed by atoms with Gasteiger partial charge >= 0.3 is 5.97 Å². The minimum Gasteiger partial charge on any atom is -0.508 e. The second-order valence-electron chi connectivity index (χ2n) is 21.0. The number of aromatic hydroxyl groups is 4. The van der Waals surface area contributed by atoms with E-state index in [-0.39, 0.29) is 17.1 Å². The normalized spacial score (nSPS) is 38.6. The van der Waals surface area contributed by atoms with Crippen LogP contribution in [0, 0.1) is 0 Å². The van der Waals surface area contributed by atoms with Crippen molar-refractivity contribution in [2.45, 2.75) is 167 Å². The van der Waals surface area contributed by atoms with E-state index in [1.165, 1.54) is 44.2 Å². The zero-order chi connectivity index (χ0) is 62.3. The molecule has 0 radical (unpaired) electrons. The van der Waals surface area contributed by atoms with E-state index in [0.717, 1.165) is 36.4 Å². The third-order valence-corrected chi connectivity index (χ3v) is 15.1. The Morgan fingerprint density at radius 2 is 1.07 bits per heavy atom. The monoisotopic (exact) mass is 1230 g/mol. The van der Waals surface area contributed by atoms with Crippen LogP contribution in [0.4, 0.5) is 0 Å². The van der Waals surface area contributed by atoms with Crippen LogP contribution < -0.4 is 14.9 Å². The summed E-state index contributed by atoms with van der Waals surface area (Å²) in [5.74, 6) is -5.25. The van der Waals surface area contributed by atoms with Crippen molar-refractivity contribution in [3.05, 3.63) is 76.5 Å². The van der Waals surface area contributed by atoms with Crippen LogP contribution in [0.3, 0.4) is 0 Å². The van der Waals surface area contributed by atoms with Crippen molar-refractivity contribution in [3.63, 3.8) is 0 Å². The number of fused-ring (bicyclic) bond motifs is 1. The Hall–Kier alpha value is -6.00. The molecule has 5 aliphatic rings. The molecular weight excluding hydrogens is 1160 g/mol. The Morgan fingerprint density at radius 3 is 1.67 bits per heavy atom. The number of aliphatic hydroxyl groups excluding tert-OH is 14. The van der Waals surface area contributed by atoms with Gasteiger partial charge in [0.15, 0.2) is 42.2 Å². The van der Waals surface area contributed by atoms with Gasteiger partial charge < -0.3 is 148 Å². The van der Waals surface area contributed by atoms with Crippen LogP contribution in [0.5, 0.6) is 34.5 Å². The number of phenolic OH excluding ortho intramolecular Hbond substituents is 4. The number of ether oxygens (including phenoxy) is 11. The molecule has 0 bridgehead atoms. The molecule has 5 fully saturated rings. The quantitative estimate of drug-likeness (QED) is 0.0266. The van der Waals surface area contributed by atoms with Gasteiger partial charge in [0.2, 0.25) is 23.8 Å². The molecule has 9 rings (SSSR count). The molecule has 1 aromatic heterocycles. The fourth-order valence-electron chi connectivity index (χ4n) is 10.2. The van der Waals surface area contributed by atoms with Gasteiger partial charge in [-0.25, -0.2) is 4.79 Å². The molecule has 86 heavy (non-hydrogen) atoms. The first-order valence-electron chi connectivity index (χ1n) is 26.8. The molecule has 5 saturated heterocycles. The first-order valence-corrected chi connectivity index (χ1v) is 26.8. The third kappa shape index (κ3) is 13.2. The number of carbonyl (C=O) groups is 1. The average molecular weight is 1230 g/mol. The molecule has 5 aliphatic heterocycles. The van der Waals surface area contributed by atoms with Crippen molar-refractivity contribution in [1.29, 1.82) is 0 Å². The lowest BCUT2D eigenvalue weighted by Gasteiger charge is -2.46. The Labute approximate surface area is 484 Å². The molecule has 25 atom stereocenters. The highest BCUT2D eigenvalue weighted by Crippen LogP contribution is 2.41. The van der Waals surface area contributed by atoms with Gasteiger partial charge in [-0.15, -0.1) is 0 Å². The summed E-state index contributed by atoms with van der Waals surface area (Å²) in [6.07, 6.45) is -43.0. The first-order chi connectivity index (χ1) is 40.8. The predicted octanol–water partition coefficient (Wildman–Crippen LogP) is -5.57. The van der Waals surface area contributed by atoms with E-state index in [9.17, 15) is 102 Å². The van der Waals surface area contributed by atoms with Crippen molar-refractivity contribution < 1.29 is 153 Å². The van der Waals surface area contributed by atoms with Crippen LogP contribution >= 0.6 is 0 Å². The minimum absolute atomic E-state index is 0.0466. The zero-order valence-electron chi connectivity index (χ0n) is 45.2. The van der Waals surface area contributed by atoms with Gasteiger partial charge in [-0.1, -0.05) is 12.1 Å². The summed E-state index contributed by atoms with van der Waals surface area (Å²) >= 11 is 0. The second kappa shape index (κ2) is 26.8. The molecule has 32 heteroatoms. The summed E-state index contributed by atoms with van der Waals surface area (Å²) < 4.78 is 69.3. The summed E-state index contributed by atoms with van der Waals surface area (Å²) in [6.45, 7) is 0.120. The van der Waals surface area contributed by atoms with Crippen molar-refractivity contribution >= 4 is 23.0 Å². The van der Waals surface area contributed by atoms with Gasteiger partial charge in [0.25, 0.3) is 0 Å². The maximum absolute atomic E-state index is 14.6. The molecule has 0 aliphatic carbocycles. The van der Waals surface area contributed by atoms with Gasteiger partial charge in [0, 0.05) is 23.8 Å². The number of phenols is 4. The zero-order valence-corrected chi connectivity index (χ0v) is 45.2. The SMILES string of the molecule is C[C@@H]1O[C@@H](Oc2cc(O)c3c(=O)c(O[C@@H]4O[C@H](CO[C@@H]5O[C@@H](C)[C@H](OC(=O)C=Cc6ccc(O)cc6)[C@@H](O[C@@H]6O[C@H](CO)[C@@H](O)[C@H](O)[C@H]6O)[C@H]5O)[C@@H](O)[C@H](O)[C@H]4O)c(-c4ccc(O)c(O)c4)oc3c2)[C@H](O)[C@H](O[C@@H]2O[C@H](CO)[C@@H](O)[C@H](O)[C@H]2O)[C@H]1O. The largest absolute Gasteiger partial charge is 0.508 e. The molecule has 0 saturated carbocycles. The smallest absolute Gasteiger partial charge is 0.331 e. The number of hydrogen-bond donors (Lipinski definition) is 18. The maximum atomic E-state index is 14.6. The van der Waals surface area contributed by atoms with E-state index < -0.39 is 224 Å². The Kier molecular flexibility index (Phi) is 20.1. The van der Waals surface area contributed by atoms with Gasteiger partial charge in [-0.3, -0.25) is 4.79 Å². The first kappa shape index (κ1) is 64.5. The minimum atomic E-state index is -2.22. The molecule has 32 nitrogen and oxygen atoms in total. The van der Waals surface area contributed by atoms with E-state index in [2.05, 4.69) is 0 Å². The number of benzene rings is 3. The van der Waals surface area contributed by atoms with Crippen molar-refractivity contribution in [2.24, 2.45) is 0 Å². The van der Waals surface area contributed by atoms with Crippen molar-refractivity contribution in [2.75, 3.05) is 19.8 Å². The van der Waals surface area contributed by atoms with Crippen LogP contribution in [-0.2, 0) is 47.4 Å². The summed E-state index contributed by atoms with van der Waals surface area (Å²) in [7, 11) is 0. The molecule has 474 valence electrons. The molecule has 6 heterocycles. The topological polar surface area (TPSA) is 513 Å². The maximum Gasteiger partial charge on any atom is 0.331 e. The van der Waals surface area contributed by atoms with Crippen LogP contribution in [0.2, 0.25) is 0 Å². The molecule has 18 N–H and O–H groups in total. The van der Waals surface area contributed by atoms with Crippen LogP contribution in [0.25, 0.3) is 28.4 Å². The molecule has 0 spiro atoms. The van der Waals surface area contributed by atoms with Gasteiger partial charge in [-0.05, 0) is 55.8 Å². The summed E-state index contributed by atoms with van der Waals surface area (Å²) in [5, 5.41) is 191. The van der Waals surface area contributed by atoms with Crippen LogP contribution in [0.1, 0.15) is 19.4 Å². The lowest BCUT2D eigenvalue weighted by atomic mass is 9.97. The van der Waals surface area contributed by atoms with E-state index in [4.69, 9.17) is 56.5 Å². The molecule has 0 amide bonds. The fourth-order valence-corrected chi connectivity index (χ4v) is 10.2.